The molecule has 6 nitrogen and oxygen atoms in total. The summed E-state index contributed by atoms with van der Waals surface area (Å²) in [4.78, 5) is 21.4. The van der Waals surface area contributed by atoms with E-state index in [-0.39, 0.29) is 22.6 Å². The Morgan fingerprint density at radius 2 is 1.80 bits per heavy atom. The number of nitro groups is 1. The molecule has 0 aliphatic heterocycles. The minimum Gasteiger partial charge on any atom is -0.508 e. The van der Waals surface area contributed by atoms with Crippen LogP contribution in [0.2, 0.25) is 0 Å². The molecule has 0 heterocycles. The molecule has 0 fully saturated rings. The summed E-state index contributed by atoms with van der Waals surface area (Å²) in [6.45, 7) is 0. The molecule has 0 aliphatic rings. The van der Waals surface area contributed by atoms with Crippen molar-refractivity contribution in [3.8, 4) is 16.9 Å². The van der Waals surface area contributed by atoms with Crippen LogP contribution in [0.4, 0.5) is 5.69 Å². The fourth-order valence-electron chi connectivity index (χ4n) is 1.77. The Morgan fingerprint density at radius 3 is 2.30 bits per heavy atom. The number of rotatable bonds is 3. The third kappa shape index (κ3) is 2.62. The van der Waals surface area contributed by atoms with E-state index in [2.05, 4.69) is 15.9 Å². The second-order valence-electron chi connectivity index (χ2n) is 3.96. The second-order valence-corrected chi connectivity index (χ2v) is 4.82. The standard InChI is InChI=1S/C13H8BrNO5/c14-10-5-8(13(17)18)6-11(15(19)20)12(10)7-1-3-9(16)4-2-7/h1-6,16H,(H,17,18). The number of hydrogen-bond donors (Lipinski definition) is 2. The molecule has 0 radical (unpaired) electrons. The minimum absolute atomic E-state index is 0.0367. The van der Waals surface area contributed by atoms with Crippen LogP contribution in [0.1, 0.15) is 10.4 Å². The average molecular weight is 338 g/mol. The molecule has 0 atom stereocenters. The Hall–Kier alpha value is -2.41. The Bertz CT molecular complexity index is 697. The van der Waals surface area contributed by atoms with Gasteiger partial charge in [0.2, 0.25) is 0 Å². The molecule has 102 valence electrons. The number of hydrogen-bond acceptors (Lipinski definition) is 4. The smallest absolute Gasteiger partial charge is 0.335 e. The largest absolute Gasteiger partial charge is 0.508 e. The highest BCUT2D eigenvalue weighted by atomic mass is 79.9. The van der Waals surface area contributed by atoms with Crippen molar-refractivity contribution >= 4 is 27.6 Å². The highest BCUT2D eigenvalue weighted by Crippen LogP contribution is 2.38. The fourth-order valence-corrected chi connectivity index (χ4v) is 2.45. The summed E-state index contributed by atoms with van der Waals surface area (Å²) >= 11 is 3.16. The van der Waals surface area contributed by atoms with Gasteiger partial charge < -0.3 is 10.2 Å². The molecule has 0 spiro atoms. The maximum atomic E-state index is 11.1. The monoisotopic (exact) mass is 337 g/mol. The van der Waals surface area contributed by atoms with Crippen LogP contribution in [-0.4, -0.2) is 21.1 Å². The molecule has 2 rings (SSSR count). The Kier molecular flexibility index (Phi) is 3.71. The predicted octanol–water partition coefficient (Wildman–Crippen LogP) is 3.43. The van der Waals surface area contributed by atoms with Gasteiger partial charge in [-0.2, -0.15) is 0 Å². The highest BCUT2D eigenvalue weighted by Gasteiger charge is 2.22. The summed E-state index contributed by atoms with van der Waals surface area (Å²) in [6.07, 6.45) is 0. The average Bonchev–Trinajstić information content (AvgIpc) is 2.39. The van der Waals surface area contributed by atoms with E-state index in [0.717, 1.165) is 6.07 Å². The van der Waals surface area contributed by atoms with Crippen molar-refractivity contribution in [1.29, 1.82) is 0 Å². The zero-order chi connectivity index (χ0) is 14.9. The quantitative estimate of drug-likeness (QED) is 0.660. The molecule has 0 amide bonds. The van der Waals surface area contributed by atoms with Gasteiger partial charge in [-0.15, -0.1) is 0 Å². The van der Waals surface area contributed by atoms with Crippen LogP contribution in [0, 0.1) is 10.1 Å². The Balaban J connectivity index is 2.71. The van der Waals surface area contributed by atoms with Crippen LogP contribution in [0.25, 0.3) is 11.1 Å². The van der Waals surface area contributed by atoms with E-state index >= 15 is 0 Å². The van der Waals surface area contributed by atoms with E-state index in [0.29, 0.717) is 10.0 Å². The lowest BCUT2D eigenvalue weighted by Crippen LogP contribution is -2.00. The lowest BCUT2D eigenvalue weighted by atomic mass is 10.0. The van der Waals surface area contributed by atoms with E-state index in [1.54, 1.807) is 0 Å². The first-order valence-electron chi connectivity index (χ1n) is 5.41. The number of benzene rings is 2. The maximum absolute atomic E-state index is 11.1. The number of aromatic carboxylic acids is 1. The maximum Gasteiger partial charge on any atom is 0.335 e. The zero-order valence-electron chi connectivity index (χ0n) is 9.91. The van der Waals surface area contributed by atoms with E-state index in [4.69, 9.17) is 5.11 Å². The zero-order valence-corrected chi connectivity index (χ0v) is 11.5. The summed E-state index contributed by atoms with van der Waals surface area (Å²) in [6, 6.07) is 8.14. The van der Waals surface area contributed by atoms with Crippen LogP contribution in [0.15, 0.2) is 40.9 Å². The Labute approximate surface area is 121 Å². The van der Waals surface area contributed by atoms with Crippen LogP contribution in [0.3, 0.4) is 0 Å². The van der Waals surface area contributed by atoms with Gasteiger partial charge in [-0.25, -0.2) is 4.79 Å². The molecule has 2 N–H and O–H groups in total. The van der Waals surface area contributed by atoms with Gasteiger partial charge >= 0.3 is 5.97 Å². The number of carboxylic acids is 1. The summed E-state index contributed by atoms with van der Waals surface area (Å²) < 4.78 is 0.301. The van der Waals surface area contributed by atoms with Gasteiger partial charge in [-0.05, 0) is 39.7 Å². The molecule has 0 saturated carbocycles. The minimum atomic E-state index is -1.24. The molecule has 0 aromatic heterocycles. The number of carbonyl (C=O) groups is 1. The molecular weight excluding hydrogens is 330 g/mol. The van der Waals surface area contributed by atoms with Gasteiger partial charge in [0.1, 0.15) is 5.75 Å². The first-order chi connectivity index (χ1) is 9.40. The fraction of sp³-hybridized carbons (Fsp3) is 0. The molecule has 20 heavy (non-hydrogen) atoms. The van der Waals surface area contributed by atoms with Crippen molar-refractivity contribution in [2.75, 3.05) is 0 Å². The predicted molar refractivity (Wildman–Crippen MR) is 74.9 cm³/mol. The number of halogens is 1. The molecular formula is C13H8BrNO5. The Morgan fingerprint density at radius 1 is 1.20 bits per heavy atom. The third-order valence-corrected chi connectivity index (χ3v) is 3.29. The number of aromatic hydroxyl groups is 1. The van der Waals surface area contributed by atoms with Crippen molar-refractivity contribution in [3.63, 3.8) is 0 Å². The second kappa shape index (κ2) is 5.30. The first kappa shape index (κ1) is 14.0. The number of nitrogens with zero attached hydrogens (tertiary/aromatic N) is 1. The molecule has 0 saturated heterocycles. The van der Waals surface area contributed by atoms with E-state index in [1.807, 2.05) is 0 Å². The van der Waals surface area contributed by atoms with Crippen LogP contribution in [0.5, 0.6) is 5.75 Å². The number of carboxylic acid groups (broad SMARTS) is 1. The van der Waals surface area contributed by atoms with Gasteiger partial charge in [-0.1, -0.05) is 12.1 Å². The summed E-state index contributed by atoms with van der Waals surface area (Å²) in [7, 11) is 0. The molecule has 2 aromatic carbocycles. The van der Waals surface area contributed by atoms with Crippen molar-refractivity contribution < 1.29 is 19.9 Å². The van der Waals surface area contributed by atoms with Crippen molar-refractivity contribution in [3.05, 3.63) is 56.5 Å². The molecule has 0 unspecified atom stereocenters. The lowest BCUT2D eigenvalue weighted by molar-refractivity contribution is -0.384. The van der Waals surface area contributed by atoms with Crippen molar-refractivity contribution in [2.24, 2.45) is 0 Å². The number of phenolic OH excluding ortho intramolecular Hbond substituents is 1. The van der Waals surface area contributed by atoms with Gasteiger partial charge in [-0.3, -0.25) is 10.1 Å². The van der Waals surface area contributed by atoms with E-state index in [1.165, 1.54) is 30.3 Å². The summed E-state index contributed by atoms with van der Waals surface area (Å²) in [5, 5.41) is 29.3. The van der Waals surface area contributed by atoms with Gasteiger partial charge in [0.15, 0.2) is 0 Å². The van der Waals surface area contributed by atoms with Crippen LogP contribution >= 0.6 is 15.9 Å². The third-order valence-electron chi connectivity index (χ3n) is 2.67. The van der Waals surface area contributed by atoms with Gasteiger partial charge in [0.05, 0.1) is 16.1 Å². The molecule has 0 aliphatic carbocycles. The van der Waals surface area contributed by atoms with E-state index < -0.39 is 10.9 Å². The van der Waals surface area contributed by atoms with E-state index in [9.17, 15) is 20.0 Å². The summed E-state index contributed by atoms with van der Waals surface area (Å²) in [5.74, 6) is -1.21. The van der Waals surface area contributed by atoms with Crippen molar-refractivity contribution in [1.82, 2.24) is 0 Å². The number of nitro benzene ring substituents is 1. The van der Waals surface area contributed by atoms with Crippen LogP contribution < -0.4 is 0 Å². The van der Waals surface area contributed by atoms with Crippen LogP contribution in [-0.2, 0) is 0 Å². The molecule has 2 aromatic rings. The number of phenols is 1. The first-order valence-corrected chi connectivity index (χ1v) is 6.20. The molecule has 0 bridgehead atoms. The van der Waals surface area contributed by atoms with Crippen molar-refractivity contribution in [2.45, 2.75) is 0 Å². The van der Waals surface area contributed by atoms with Gasteiger partial charge in [0.25, 0.3) is 5.69 Å². The lowest BCUT2D eigenvalue weighted by Gasteiger charge is -2.07. The topological polar surface area (TPSA) is 101 Å². The SMILES string of the molecule is O=C(O)c1cc(Br)c(-c2ccc(O)cc2)c([N+](=O)[O-])c1. The normalized spacial score (nSPS) is 10.2. The van der Waals surface area contributed by atoms with Gasteiger partial charge in [0, 0.05) is 10.5 Å². The molecule has 7 heteroatoms. The highest BCUT2D eigenvalue weighted by molar-refractivity contribution is 9.10. The summed E-state index contributed by atoms with van der Waals surface area (Å²) in [5.41, 5.74) is 0.270.